The minimum Gasteiger partial charge on any atom is -0.485 e. The molecule has 0 aliphatic rings. The first kappa shape index (κ1) is 27.1. The van der Waals surface area contributed by atoms with Gasteiger partial charge in [0.2, 0.25) is 5.82 Å². The molecule has 0 saturated heterocycles. The smallest absolute Gasteiger partial charge is 0.485 e. The first-order valence-electron chi connectivity index (χ1n) is 10.7. The Kier molecular flexibility index (Phi) is 8.72. The second-order valence-corrected chi connectivity index (χ2v) is 7.61. The molecule has 8 nitrogen and oxygen atoms in total. The first-order chi connectivity index (χ1) is 17.2. The van der Waals surface area contributed by atoms with Gasteiger partial charge in [-0.2, -0.15) is 4.98 Å². The van der Waals surface area contributed by atoms with Crippen molar-refractivity contribution in [3.63, 3.8) is 0 Å². The van der Waals surface area contributed by atoms with E-state index in [0.29, 0.717) is 23.0 Å². The highest BCUT2D eigenvalue weighted by molar-refractivity contribution is 5.74. The Morgan fingerprint density at radius 2 is 1.70 bits per heavy atom. The molecule has 0 unspecified atom stereocenters. The maximum absolute atomic E-state index is 12.6. The van der Waals surface area contributed by atoms with Crippen LogP contribution < -0.4 is 14.4 Å². The van der Waals surface area contributed by atoms with Crippen molar-refractivity contribution in [2.75, 3.05) is 11.4 Å². The number of anilines is 1. The number of aliphatic carboxylic acids is 1. The van der Waals surface area contributed by atoms with E-state index < -0.39 is 24.6 Å². The molecule has 0 amide bonds. The van der Waals surface area contributed by atoms with Crippen LogP contribution in [0.5, 0.6) is 11.5 Å². The van der Waals surface area contributed by atoms with E-state index in [1.165, 1.54) is 17.0 Å². The van der Waals surface area contributed by atoms with Gasteiger partial charge in [-0.15, -0.1) is 13.2 Å². The van der Waals surface area contributed by atoms with E-state index in [0.717, 1.165) is 17.7 Å². The van der Waals surface area contributed by atoms with E-state index in [9.17, 15) is 23.1 Å². The maximum Gasteiger partial charge on any atom is 0.573 e. The lowest BCUT2D eigenvalue weighted by atomic mass is 10.1. The topological polar surface area (TPSA) is 97.9 Å². The standard InChI is InChI=1S/C25H20F3N3O5.CH4/c26-25(27,28)35-21-11-5-9-19(13-21)31(15-23(32)33)14-17-6-4-10-20(12-17)34-16-22-29-24(36-30-22)18-7-2-1-3-8-18;/h1-13H,14-16H2,(H,32,33);1H4. The van der Waals surface area contributed by atoms with Gasteiger partial charge in [-0.25, -0.2) is 0 Å². The number of aromatic nitrogens is 2. The van der Waals surface area contributed by atoms with Crippen LogP contribution in [-0.2, 0) is 17.9 Å². The quantitative estimate of drug-likeness (QED) is 0.277. The van der Waals surface area contributed by atoms with Gasteiger partial charge in [0.1, 0.15) is 18.0 Å². The zero-order valence-electron chi connectivity index (χ0n) is 18.7. The van der Waals surface area contributed by atoms with Crippen LogP contribution in [-0.4, -0.2) is 34.1 Å². The summed E-state index contributed by atoms with van der Waals surface area (Å²) >= 11 is 0. The largest absolute Gasteiger partial charge is 0.573 e. The second-order valence-electron chi connectivity index (χ2n) is 7.61. The molecule has 3 aromatic carbocycles. The van der Waals surface area contributed by atoms with E-state index in [2.05, 4.69) is 14.9 Å². The molecule has 1 heterocycles. The van der Waals surface area contributed by atoms with Crippen molar-refractivity contribution in [2.24, 2.45) is 0 Å². The van der Waals surface area contributed by atoms with Crippen molar-refractivity contribution < 1.29 is 37.1 Å². The van der Waals surface area contributed by atoms with Crippen molar-refractivity contribution in [1.82, 2.24) is 10.1 Å². The Balaban J connectivity index is 0.00000380. The van der Waals surface area contributed by atoms with Gasteiger partial charge in [-0.05, 0) is 42.0 Å². The van der Waals surface area contributed by atoms with Crippen LogP contribution in [0, 0.1) is 0 Å². The minimum absolute atomic E-state index is 0. The number of benzene rings is 3. The van der Waals surface area contributed by atoms with Gasteiger partial charge in [0, 0.05) is 23.9 Å². The van der Waals surface area contributed by atoms with Gasteiger partial charge in [-0.3, -0.25) is 4.79 Å². The zero-order valence-corrected chi connectivity index (χ0v) is 18.7. The third-order valence-electron chi connectivity index (χ3n) is 4.87. The number of nitrogens with zero attached hydrogens (tertiary/aromatic N) is 3. The summed E-state index contributed by atoms with van der Waals surface area (Å²) in [5, 5.41) is 13.2. The Morgan fingerprint density at radius 1 is 0.973 bits per heavy atom. The summed E-state index contributed by atoms with van der Waals surface area (Å²) in [4.78, 5) is 17.1. The van der Waals surface area contributed by atoms with E-state index in [-0.39, 0.29) is 26.3 Å². The minimum atomic E-state index is -4.86. The fourth-order valence-corrected chi connectivity index (χ4v) is 3.39. The van der Waals surface area contributed by atoms with Gasteiger partial charge >= 0.3 is 12.3 Å². The van der Waals surface area contributed by atoms with Gasteiger partial charge in [-0.1, -0.05) is 49.0 Å². The monoisotopic (exact) mass is 515 g/mol. The first-order valence-corrected chi connectivity index (χ1v) is 10.7. The number of hydrogen-bond acceptors (Lipinski definition) is 7. The molecule has 0 fully saturated rings. The lowest BCUT2D eigenvalue weighted by molar-refractivity contribution is -0.274. The van der Waals surface area contributed by atoms with Crippen LogP contribution >= 0.6 is 0 Å². The summed E-state index contributed by atoms with van der Waals surface area (Å²) in [5.41, 5.74) is 1.71. The van der Waals surface area contributed by atoms with Crippen LogP contribution in [0.1, 0.15) is 18.8 Å². The Hall–Kier alpha value is -4.54. The fourth-order valence-electron chi connectivity index (χ4n) is 3.39. The summed E-state index contributed by atoms with van der Waals surface area (Å²) in [7, 11) is 0. The molecule has 0 radical (unpaired) electrons. The molecule has 4 rings (SSSR count). The summed E-state index contributed by atoms with van der Waals surface area (Å²) in [6.07, 6.45) is -4.86. The highest BCUT2D eigenvalue weighted by atomic mass is 19.4. The molecule has 1 N–H and O–H groups in total. The molecule has 0 aliphatic heterocycles. The van der Waals surface area contributed by atoms with E-state index in [1.807, 2.05) is 30.3 Å². The number of carboxylic acid groups (broad SMARTS) is 1. The Bertz CT molecular complexity index is 1310. The predicted molar refractivity (Wildman–Crippen MR) is 129 cm³/mol. The Labute approximate surface area is 210 Å². The molecule has 11 heteroatoms. The van der Waals surface area contributed by atoms with Crippen molar-refractivity contribution in [3.05, 3.63) is 90.3 Å². The molecule has 194 valence electrons. The molecule has 0 saturated carbocycles. The summed E-state index contributed by atoms with van der Waals surface area (Å²) < 4.78 is 52.8. The average molecular weight is 515 g/mol. The molecule has 4 aromatic rings. The third kappa shape index (κ3) is 7.99. The predicted octanol–water partition coefficient (Wildman–Crippen LogP) is 5.94. The van der Waals surface area contributed by atoms with E-state index in [4.69, 9.17) is 9.26 Å². The Morgan fingerprint density at radius 3 is 2.43 bits per heavy atom. The van der Waals surface area contributed by atoms with Crippen molar-refractivity contribution in [3.8, 4) is 23.0 Å². The number of alkyl halides is 3. The number of carboxylic acids is 1. The van der Waals surface area contributed by atoms with Crippen LogP contribution in [0.4, 0.5) is 18.9 Å². The number of halogens is 3. The van der Waals surface area contributed by atoms with Crippen LogP contribution in [0.15, 0.2) is 83.4 Å². The molecule has 37 heavy (non-hydrogen) atoms. The highest BCUT2D eigenvalue weighted by Crippen LogP contribution is 2.28. The SMILES string of the molecule is C.O=C(O)CN(Cc1cccc(OCc2noc(-c3ccccc3)n2)c1)c1cccc(OC(F)(F)F)c1. The van der Waals surface area contributed by atoms with Crippen LogP contribution in [0.25, 0.3) is 11.5 Å². The third-order valence-corrected chi connectivity index (χ3v) is 4.87. The number of carbonyl (C=O) groups is 1. The molecule has 0 bridgehead atoms. The highest BCUT2D eigenvalue weighted by Gasteiger charge is 2.31. The number of hydrogen-bond donors (Lipinski definition) is 1. The van der Waals surface area contributed by atoms with Gasteiger partial charge < -0.3 is 24.0 Å². The molecule has 1 aromatic heterocycles. The molecular formula is C26H24F3N3O5. The number of ether oxygens (including phenoxy) is 2. The second kappa shape index (κ2) is 11.9. The molecule has 0 aliphatic carbocycles. The van der Waals surface area contributed by atoms with Gasteiger partial charge in [0.25, 0.3) is 5.89 Å². The molecule has 0 atom stereocenters. The fraction of sp³-hybridized carbons (Fsp3) is 0.192. The average Bonchev–Trinajstić information content (AvgIpc) is 3.31. The summed E-state index contributed by atoms with van der Waals surface area (Å²) in [6, 6.07) is 21.3. The lowest BCUT2D eigenvalue weighted by Gasteiger charge is -2.24. The van der Waals surface area contributed by atoms with Gasteiger partial charge in [0.15, 0.2) is 6.61 Å². The van der Waals surface area contributed by atoms with E-state index in [1.54, 1.807) is 24.3 Å². The van der Waals surface area contributed by atoms with Crippen LogP contribution in [0.3, 0.4) is 0 Å². The normalized spacial score (nSPS) is 10.9. The zero-order chi connectivity index (χ0) is 25.5. The van der Waals surface area contributed by atoms with Crippen molar-refractivity contribution >= 4 is 11.7 Å². The molecular weight excluding hydrogens is 491 g/mol. The molecule has 0 spiro atoms. The van der Waals surface area contributed by atoms with Crippen molar-refractivity contribution in [1.29, 1.82) is 0 Å². The lowest BCUT2D eigenvalue weighted by Crippen LogP contribution is -2.29. The maximum atomic E-state index is 12.6. The van der Waals surface area contributed by atoms with Crippen molar-refractivity contribution in [2.45, 2.75) is 26.9 Å². The number of rotatable bonds is 10. The van der Waals surface area contributed by atoms with Crippen LogP contribution in [0.2, 0.25) is 0 Å². The summed E-state index contributed by atoms with van der Waals surface area (Å²) in [5.74, 6) is -0.404. The van der Waals surface area contributed by atoms with E-state index >= 15 is 0 Å². The van der Waals surface area contributed by atoms with Gasteiger partial charge in [0.05, 0.1) is 0 Å². The summed E-state index contributed by atoms with van der Waals surface area (Å²) in [6.45, 7) is -0.305.